The molecule has 0 bridgehead atoms. The van der Waals surface area contributed by atoms with E-state index in [9.17, 15) is 0 Å². The van der Waals surface area contributed by atoms with Crippen LogP contribution in [0.5, 0.6) is 11.6 Å². The summed E-state index contributed by atoms with van der Waals surface area (Å²) in [6.45, 7) is 2.01. The molecule has 2 heterocycles. The van der Waals surface area contributed by atoms with Gasteiger partial charge in [0.15, 0.2) is 5.65 Å². The van der Waals surface area contributed by atoms with Gasteiger partial charge in [0.25, 0.3) is 0 Å². The van der Waals surface area contributed by atoms with Crippen LogP contribution in [0, 0.1) is 10.5 Å². The van der Waals surface area contributed by atoms with Crippen molar-refractivity contribution in [1.82, 2.24) is 25.3 Å². The Morgan fingerprint density at radius 2 is 2.11 bits per heavy atom. The van der Waals surface area contributed by atoms with Gasteiger partial charge in [-0.1, -0.05) is 6.07 Å². The van der Waals surface area contributed by atoms with Crippen LogP contribution in [0.2, 0.25) is 0 Å². The Kier molecular flexibility index (Phi) is 2.82. The third kappa shape index (κ3) is 2.13. The number of ether oxygens (including phenoxy) is 1. The Labute approximate surface area is 116 Å². The van der Waals surface area contributed by atoms with Crippen molar-refractivity contribution >= 4 is 28.2 Å². The van der Waals surface area contributed by atoms with Gasteiger partial charge in [-0.15, -0.1) is 14.8 Å². The van der Waals surface area contributed by atoms with E-state index in [0.29, 0.717) is 11.5 Å². The first-order valence-corrected chi connectivity index (χ1v) is 6.30. The Morgan fingerprint density at radius 3 is 3.00 bits per heavy atom. The average Bonchev–Trinajstić information content (AvgIpc) is 2.81. The Bertz CT molecular complexity index is 711. The van der Waals surface area contributed by atoms with Crippen molar-refractivity contribution in [2.75, 3.05) is 0 Å². The third-order valence-electron chi connectivity index (χ3n) is 2.35. The number of rotatable bonds is 2. The number of hydrogen-bond acceptors (Lipinski definition) is 5. The molecule has 0 unspecified atom stereocenters. The molecule has 0 aliphatic carbocycles. The van der Waals surface area contributed by atoms with Crippen LogP contribution in [-0.2, 0) is 0 Å². The zero-order valence-corrected chi connectivity index (χ0v) is 11.6. The molecule has 0 radical (unpaired) electrons. The van der Waals surface area contributed by atoms with E-state index in [2.05, 4.69) is 43.2 Å². The van der Waals surface area contributed by atoms with E-state index >= 15 is 0 Å². The molecule has 0 spiro atoms. The van der Waals surface area contributed by atoms with Crippen LogP contribution >= 0.6 is 22.6 Å². The molecule has 3 rings (SSSR count). The third-order valence-corrected chi connectivity index (χ3v) is 3.24. The lowest BCUT2D eigenvalue weighted by Gasteiger charge is -2.07. The zero-order valence-electron chi connectivity index (χ0n) is 9.41. The van der Waals surface area contributed by atoms with Gasteiger partial charge < -0.3 is 4.74 Å². The van der Waals surface area contributed by atoms with Crippen molar-refractivity contribution in [3.05, 3.63) is 39.5 Å². The highest BCUT2D eigenvalue weighted by molar-refractivity contribution is 14.1. The van der Waals surface area contributed by atoms with Crippen LogP contribution in [0.3, 0.4) is 0 Å². The molecule has 3 aromatic rings. The highest BCUT2D eigenvalue weighted by Crippen LogP contribution is 2.26. The van der Waals surface area contributed by atoms with Crippen molar-refractivity contribution in [2.45, 2.75) is 6.92 Å². The van der Waals surface area contributed by atoms with Crippen LogP contribution in [0.4, 0.5) is 0 Å². The Balaban J connectivity index is 1.97. The zero-order chi connectivity index (χ0) is 12.5. The van der Waals surface area contributed by atoms with Crippen molar-refractivity contribution in [3.8, 4) is 11.6 Å². The molecule has 0 amide bonds. The number of fused-ring (bicyclic) bond motifs is 1. The summed E-state index contributed by atoms with van der Waals surface area (Å²) in [6, 6.07) is 9.50. The lowest BCUT2D eigenvalue weighted by Crippen LogP contribution is -1.98. The molecule has 0 aliphatic heterocycles. The Morgan fingerprint density at radius 1 is 1.22 bits per heavy atom. The fraction of sp³-hybridized carbons (Fsp3) is 0.0909. The minimum absolute atomic E-state index is 0.457. The second kappa shape index (κ2) is 4.48. The lowest BCUT2D eigenvalue weighted by molar-refractivity contribution is 0.444. The summed E-state index contributed by atoms with van der Waals surface area (Å²) in [5.41, 5.74) is 1.72. The number of nitrogens with zero attached hydrogens (tertiary/aromatic N) is 5. The van der Waals surface area contributed by atoms with Crippen molar-refractivity contribution < 1.29 is 4.74 Å². The normalized spacial score (nSPS) is 10.8. The van der Waals surface area contributed by atoms with Crippen LogP contribution < -0.4 is 4.74 Å². The predicted molar refractivity (Wildman–Crippen MR) is 72.5 cm³/mol. The Hall–Kier alpha value is -1.77. The first-order valence-electron chi connectivity index (χ1n) is 5.22. The number of halogens is 1. The summed E-state index contributed by atoms with van der Waals surface area (Å²) in [6.07, 6.45) is 0. The summed E-state index contributed by atoms with van der Waals surface area (Å²) in [7, 11) is 0. The molecule has 0 N–H and O–H groups in total. The molecule has 90 valence electrons. The van der Waals surface area contributed by atoms with Crippen molar-refractivity contribution in [2.24, 2.45) is 0 Å². The quantitative estimate of drug-likeness (QED) is 0.661. The number of tetrazole rings is 1. The highest BCUT2D eigenvalue weighted by Gasteiger charge is 2.06. The second-order valence-corrected chi connectivity index (χ2v) is 4.90. The van der Waals surface area contributed by atoms with Gasteiger partial charge >= 0.3 is 0 Å². The molecular weight excluding hydrogens is 345 g/mol. The second-order valence-electron chi connectivity index (χ2n) is 3.73. The minimum Gasteiger partial charge on any atom is -0.436 e. The van der Waals surface area contributed by atoms with Crippen LogP contribution in [0.15, 0.2) is 30.3 Å². The van der Waals surface area contributed by atoms with E-state index in [1.165, 1.54) is 4.63 Å². The van der Waals surface area contributed by atoms with E-state index in [1.54, 1.807) is 12.1 Å². The van der Waals surface area contributed by atoms with Gasteiger partial charge in [0.1, 0.15) is 5.75 Å². The van der Waals surface area contributed by atoms with Gasteiger partial charge in [-0.3, -0.25) is 0 Å². The average molecular weight is 353 g/mol. The summed E-state index contributed by atoms with van der Waals surface area (Å²) in [5.74, 6) is 1.23. The summed E-state index contributed by atoms with van der Waals surface area (Å²) in [4.78, 5) is 0. The maximum atomic E-state index is 5.73. The molecule has 7 heteroatoms. The number of aryl methyl sites for hydroxylation is 1. The molecule has 18 heavy (non-hydrogen) atoms. The molecule has 0 atom stereocenters. The van der Waals surface area contributed by atoms with Crippen LogP contribution in [-0.4, -0.2) is 25.3 Å². The maximum absolute atomic E-state index is 5.73. The number of benzene rings is 1. The number of hydrogen-bond donors (Lipinski definition) is 0. The van der Waals surface area contributed by atoms with Gasteiger partial charge in [0.05, 0.1) is 3.57 Å². The molecule has 0 fully saturated rings. The van der Waals surface area contributed by atoms with E-state index in [4.69, 9.17) is 4.74 Å². The van der Waals surface area contributed by atoms with Gasteiger partial charge in [-0.05, 0) is 63.7 Å². The molecular formula is C11H8IN5O. The van der Waals surface area contributed by atoms with Gasteiger partial charge in [-0.25, -0.2) is 0 Å². The van der Waals surface area contributed by atoms with E-state index in [0.717, 1.165) is 14.9 Å². The summed E-state index contributed by atoms with van der Waals surface area (Å²) >= 11 is 2.22. The summed E-state index contributed by atoms with van der Waals surface area (Å²) in [5, 5.41) is 15.2. The predicted octanol–water partition coefficient (Wildman–Crippen LogP) is 2.22. The van der Waals surface area contributed by atoms with Crippen molar-refractivity contribution in [3.63, 3.8) is 0 Å². The highest BCUT2D eigenvalue weighted by atomic mass is 127. The van der Waals surface area contributed by atoms with Crippen LogP contribution in [0.1, 0.15) is 5.56 Å². The molecule has 0 saturated heterocycles. The van der Waals surface area contributed by atoms with E-state index < -0.39 is 0 Å². The monoisotopic (exact) mass is 353 g/mol. The maximum Gasteiger partial charge on any atom is 0.239 e. The minimum atomic E-state index is 0.457. The summed E-state index contributed by atoms with van der Waals surface area (Å²) < 4.78 is 8.09. The van der Waals surface area contributed by atoms with Crippen molar-refractivity contribution in [1.29, 1.82) is 0 Å². The first kappa shape index (κ1) is 11.3. The van der Waals surface area contributed by atoms with Gasteiger partial charge in [0, 0.05) is 6.07 Å². The fourth-order valence-corrected chi connectivity index (χ4v) is 1.93. The SMILES string of the molecule is Cc1ccc(I)c(Oc2ccc3nnnn3n2)c1. The van der Waals surface area contributed by atoms with E-state index in [1.807, 2.05) is 25.1 Å². The molecule has 6 nitrogen and oxygen atoms in total. The first-order chi connectivity index (χ1) is 8.72. The topological polar surface area (TPSA) is 65.2 Å². The molecule has 1 aromatic carbocycles. The van der Waals surface area contributed by atoms with Crippen LogP contribution in [0.25, 0.3) is 5.65 Å². The molecule has 0 saturated carbocycles. The van der Waals surface area contributed by atoms with Gasteiger partial charge in [0.2, 0.25) is 5.88 Å². The fourth-order valence-electron chi connectivity index (χ4n) is 1.49. The largest absolute Gasteiger partial charge is 0.436 e. The standard InChI is InChI=1S/C11H8IN5O/c1-7-2-3-8(12)9(6-7)18-11-5-4-10-13-15-16-17(10)14-11/h2-6H,1H3. The molecule has 0 aliphatic rings. The lowest BCUT2D eigenvalue weighted by atomic mass is 10.2. The number of aromatic nitrogens is 5. The van der Waals surface area contributed by atoms with E-state index in [-0.39, 0.29) is 0 Å². The van der Waals surface area contributed by atoms with Gasteiger partial charge in [-0.2, -0.15) is 0 Å². The smallest absolute Gasteiger partial charge is 0.239 e. The molecule has 2 aromatic heterocycles.